The van der Waals surface area contributed by atoms with Crippen LogP contribution >= 0.6 is 22.7 Å². The molecule has 0 radical (unpaired) electrons. The van der Waals surface area contributed by atoms with Crippen LogP contribution in [0.2, 0.25) is 0 Å². The van der Waals surface area contributed by atoms with Crippen LogP contribution in [-0.4, -0.2) is 4.57 Å². The van der Waals surface area contributed by atoms with Crippen molar-refractivity contribution in [1.82, 2.24) is 4.57 Å². The van der Waals surface area contributed by atoms with Crippen LogP contribution in [0.5, 0.6) is 0 Å². The fourth-order valence-corrected chi connectivity index (χ4v) is 13.3. The van der Waals surface area contributed by atoms with Gasteiger partial charge in [0.1, 0.15) is 0 Å². The minimum absolute atomic E-state index is 1.07. The maximum Gasteiger partial charge on any atom is 0.0543 e. The van der Waals surface area contributed by atoms with Crippen molar-refractivity contribution in [1.29, 1.82) is 0 Å². The summed E-state index contributed by atoms with van der Waals surface area (Å²) in [6.45, 7) is 0. The lowest BCUT2D eigenvalue weighted by molar-refractivity contribution is 0.963. The third kappa shape index (κ3) is 7.31. The van der Waals surface area contributed by atoms with Gasteiger partial charge in [-0.15, -0.1) is 22.7 Å². The highest BCUT2D eigenvalue weighted by Gasteiger charge is 2.23. The van der Waals surface area contributed by atoms with Gasteiger partial charge in [-0.25, -0.2) is 0 Å². The summed E-state index contributed by atoms with van der Waals surface area (Å²) in [5, 5.41) is 6.47. The molecule has 0 N–H and O–H groups in total. The summed E-state index contributed by atoms with van der Waals surface area (Å²) in [5.41, 5.74) is 16.6. The van der Waals surface area contributed by atoms with Crippen LogP contribution < -0.4 is 9.80 Å². The number of rotatable bonds is 9. The van der Waals surface area contributed by atoms with Gasteiger partial charge in [-0.3, -0.25) is 0 Å². The Morgan fingerprint density at radius 1 is 0.352 bits per heavy atom. The molecule has 0 unspecified atom stereocenters. The number of aromatic nitrogens is 1. The smallest absolute Gasteiger partial charge is 0.0543 e. The molecule has 3 heterocycles. The van der Waals surface area contributed by atoms with E-state index in [0.717, 1.165) is 70.9 Å². The molecule has 71 heavy (non-hydrogen) atoms. The Balaban J connectivity index is 0.953. The first-order chi connectivity index (χ1) is 35.2. The zero-order valence-electron chi connectivity index (χ0n) is 39.0. The largest absolute Gasteiger partial charge is 0.310 e. The van der Waals surface area contributed by atoms with E-state index < -0.39 is 0 Å². The molecule has 0 saturated heterocycles. The minimum Gasteiger partial charge on any atom is -0.310 e. The molecule has 0 saturated carbocycles. The Kier molecular flexibility index (Phi) is 10.2. The molecule has 0 bridgehead atoms. The topological polar surface area (TPSA) is 11.4 Å². The Hall–Kier alpha value is -8.22. The summed E-state index contributed by atoms with van der Waals surface area (Å²) >= 11 is 3.71. The van der Waals surface area contributed by atoms with E-state index in [-0.39, 0.29) is 0 Å². The van der Waals surface area contributed by atoms with Crippen molar-refractivity contribution >= 4 is 120 Å². The number of allylic oxidation sites excluding steroid dienone is 5. The highest BCUT2D eigenvalue weighted by atomic mass is 32.1. The van der Waals surface area contributed by atoms with E-state index in [2.05, 4.69) is 251 Å². The fraction of sp³-hybridized carbons (Fsp3) is 0.0606. The minimum atomic E-state index is 1.07. The highest BCUT2D eigenvalue weighted by Crippen LogP contribution is 2.47. The van der Waals surface area contributed by atoms with E-state index in [1.807, 2.05) is 22.7 Å². The maximum absolute atomic E-state index is 2.50. The Bertz CT molecular complexity index is 3940. The molecule has 0 atom stereocenters. The van der Waals surface area contributed by atoms with Crippen LogP contribution in [0.25, 0.3) is 85.3 Å². The predicted octanol–water partition coefficient (Wildman–Crippen LogP) is 19.8. The Morgan fingerprint density at radius 2 is 0.887 bits per heavy atom. The molecule has 0 aliphatic heterocycles. The van der Waals surface area contributed by atoms with Gasteiger partial charge in [0.05, 0.1) is 5.52 Å². The molecule has 2 aliphatic carbocycles. The average Bonchev–Trinajstić information content (AvgIpc) is 4.11. The van der Waals surface area contributed by atoms with Gasteiger partial charge in [0.15, 0.2) is 0 Å². The molecule has 338 valence electrons. The van der Waals surface area contributed by atoms with Crippen molar-refractivity contribution in [2.24, 2.45) is 0 Å². The van der Waals surface area contributed by atoms with Crippen LogP contribution in [0.1, 0.15) is 30.5 Å². The predicted molar refractivity (Wildman–Crippen MR) is 308 cm³/mol. The standard InChI is InChI=1S/C66H47N3S2/c1-4-16-48(17-5-1)67(51-33-36-65-59(42-51)57-23-11-14-26-63(57)70-65)53-38-47(39-54(41-53)68(49-18-6-2-7-19-49)52-34-37-66-60(43-52)58-24-12-15-27-64(58)71-66)45-30-28-44(29-31-45)46-32-35-56-55-22-10-13-25-61(55)69(62(56)40-46)50-20-8-3-9-21-50/h1-2,4-8,11-21,23-43H,3,9-10,22H2. The third-order valence-electron chi connectivity index (χ3n) is 14.4. The number of nitrogens with zero attached hydrogens (tertiary/aromatic N) is 3. The number of benzene rings is 9. The van der Waals surface area contributed by atoms with Crippen LogP contribution in [0.4, 0.5) is 34.1 Å². The van der Waals surface area contributed by atoms with E-state index in [9.17, 15) is 0 Å². The average molecular weight is 946 g/mol. The quantitative estimate of drug-likeness (QED) is 0.143. The lowest BCUT2D eigenvalue weighted by Gasteiger charge is -2.30. The maximum atomic E-state index is 2.50. The molecular formula is C66H47N3S2. The third-order valence-corrected chi connectivity index (χ3v) is 16.7. The zero-order valence-corrected chi connectivity index (χ0v) is 40.6. The molecule has 0 fully saturated rings. The normalized spacial score (nSPS) is 13.4. The van der Waals surface area contributed by atoms with Crippen molar-refractivity contribution in [2.45, 2.75) is 25.7 Å². The van der Waals surface area contributed by atoms with E-state index in [1.54, 1.807) is 0 Å². The number of aryl methyl sites for hydroxylation is 1. The Labute approximate surface area is 421 Å². The second-order valence-corrected chi connectivity index (χ2v) is 20.9. The van der Waals surface area contributed by atoms with Crippen molar-refractivity contribution in [2.75, 3.05) is 9.80 Å². The zero-order chi connectivity index (χ0) is 46.8. The first-order valence-corrected chi connectivity index (χ1v) is 26.3. The van der Waals surface area contributed by atoms with Crippen LogP contribution in [0.15, 0.2) is 231 Å². The second kappa shape index (κ2) is 17.3. The van der Waals surface area contributed by atoms with Gasteiger partial charge >= 0.3 is 0 Å². The van der Waals surface area contributed by atoms with Crippen molar-refractivity contribution in [3.8, 4) is 22.3 Å². The lowest BCUT2D eigenvalue weighted by atomic mass is 9.97. The number of hydrogen-bond acceptors (Lipinski definition) is 4. The summed E-state index contributed by atoms with van der Waals surface area (Å²) < 4.78 is 7.68. The number of thiophene rings is 2. The van der Waals surface area contributed by atoms with E-state index >= 15 is 0 Å². The van der Waals surface area contributed by atoms with E-state index in [1.165, 1.54) is 79.3 Å². The molecular weight excluding hydrogens is 899 g/mol. The van der Waals surface area contributed by atoms with Crippen molar-refractivity contribution < 1.29 is 0 Å². The van der Waals surface area contributed by atoms with Gasteiger partial charge in [-0.2, -0.15) is 0 Å². The molecule has 5 heteroatoms. The van der Waals surface area contributed by atoms with Crippen molar-refractivity contribution in [3.05, 3.63) is 242 Å². The van der Waals surface area contributed by atoms with Crippen LogP contribution in [-0.2, 0) is 6.42 Å². The highest BCUT2D eigenvalue weighted by molar-refractivity contribution is 7.26. The van der Waals surface area contributed by atoms with Gasteiger partial charge in [0.25, 0.3) is 0 Å². The Morgan fingerprint density at radius 3 is 1.48 bits per heavy atom. The first kappa shape index (κ1) is 41.7. The van der Waals surface area contributed by atoms with E-state index in [0.29, 0.717) is 0 Å². The first-order valence-electron chi connectivity index (χ1n) is 24.7. The second-order valence-electron chi connectivity index (χ2n) is 18.7. The van der Waals surface area contributed by atoms with Gasteiger partial charge in [0.2, 0.25) is 0 Å². The summed E-state index contributed by atoms with van der Waals surface area (Å²) in [7, 11) is 0. The number of hydrogen-bond donors (Lipinski definition) is 0. The van der Waals surface area contributed by atoms with Gasteiger partial charge in [-0.05, 0) is 163 Å². The molecule has 3 nitrogen and oxygen atoms in total. The van der Waals surface area contributed by atoms with Crippen LogP contribution in [0, 0.1) is 0 Å². The van der Waals surface area contributed by atoms with Crippen molar-refractivity contribution in [3.63, 3.8) is 0 Å². The van der Waals surface area contributed by atoms with E-state index in [4.69, 9.17) is 0 Å². The van der Waals surface area contributed by atoms with Gasteiger partial charge in [0, 0.05) is 91.2 Å². The van der Waals surface area contributed by atoms with Gasteiger partial charge in [-0.1, -0.05) is 127 Å². The summed E-state index contributed by atoms with van der Waals surface area (Å²) in [5.74, 6) is 0. The monoisotopic (exact) mass is 945 g/mol. The van der Waals surface area contributed by atoms with Gasteiger partial charge < -0.3 is 14.4 Å². The summed E-state index contributed by atoms with van der Waals surface area (Å²) in [6, 6.07) is 76.7. The molecule has 3 aromatic heterocycles. The number of anilines is 6. The van der Waals surface area contributed by atoms with Crippen LogP contribution in [0.3, 0.4) is 0 Å². The lowest BCUT2D eigenvalue weighted by Crippen LogP contribution is -2.13. The molecule has 9 aromatic carbocycles. The molecule has 14 rings (SSSR count). The number of fused-ring (bicyclic) bond motifs is 9. The molecule has 0 spiro atoms. The molecule has 12 aromatic rings. The number of para-hydroxylation sites is 2. The fourth-order valence-electron chi connectivity index (χ4n) is 11.1. The summed E-state index contributed by atoms with van der Waals surface area (Å²) in [6.07, 6.45) is 16.0. The summed E-state index contributed by atoms with van der Waals surface area (Å²) in [4.78, 5) is 4.87. The molecule has 2 aliphatic rings. The molecule has 0 amide bonds. The SMILES string of the molecule is C1=CC(n2c3c(c4ccc(-c5ccc(-c6cc(N(c7ccccc7)c7ccc8sc9ccccc9c8c7)cc(N(c7ccccc7)c7ccc8sc9ccccc9c8c7)c6)cc5)cc42)CCC=C3)=CCC1.